The van der Waals surface area contributed by atoms with Crippen molar-refractivity contribution in [1.29, 1.82) is 0 Å². The second-order valence-electron chi connectivity index (χ2n) is 4.92. The van der Waals surface area contributed by atoms with Gasteiger partial charge in [-0.3, -0.25) is 4.79 Å². The smallest absolute Gasteiger partial charge is 0.259 e. The van der Waals surface area contributed by atoms with Gasteiger partial charge in [-0.15, -0.1) is 11.3 Å². The summed E-state index contributed by atoms with van der Waals surface area (Å²) in [6.07, 6.45) is 0. The summed E-state index contributed by atoms with van der Waals surface area (Å²) in [5.74, 6) is 0.731. The van der Waals surface area contributed by atoms with Crippen LogP contribution in [0.5, 0.6) is 5.75 Å². The standard InChI is InChI=1S/C16H12N2O2S/c1-20-12-4-2-10-8-18(16(19)13(10)7-12)11-3-5-14-15(6-11)21-9-17-14/h2-7,9H,8H2,1H3. The molecule has 0 fully saturated rings. The molecule has 0 aliphatic carbocycles. The minimum absolute atomic E-state index is 0.0211. The number of aromatic nitrogens is 1. The Bertz CT molecular complexity index is 856. The van der Waals surface area contributed by atoms with Crippen molar-refractivity contribution in [2.24, 2.45) is 0 Å². The van der Waals surface area contributed by atoms with Crippen LogP contribution in [-0.2, 0) is 6.54 Å². The maximum atomic E-state index is 12.6. The van der Waals surface area contributed by atoms with E-state index in [1.807, 2.05) is 41.9 Å². The summed E-state index contributed by atoms with van der Waals surface area (Å²) < 4.78 is 6.29. The highest BCUT2D eigenvalue weighted by Gasteiger charge is 2.29. The maximum Gasteiger partial charge on any atom is 0.259 e. The number of anilines is 1. The number of hydrogen-bond acceptors (Lipinski definition) is 4. The highest BCUT2D eigenvalue weighted by molar-refractivity contribution is 7.16. The maximum absolute atomic E-state index is 12.6. The molecule has 0 saturated carbocycles. The van der Waals surface area contributed by atoms with Crippen molar-refractivity contribution in [1.82, 2.24) is 4.98 Å². The number of fused-ring (bicyclic) bond motifs is 2. The number of ether oxygens (including phenoxy) is 1. The molecule has 0 atom stereocenters. The van der Waals surface area contributed by atoms with Gasteiger partial charge in [-0.1, -0.05) is 6.07 Å². The summed E-state index contributed by atoms with van der Waals surface area (Å²) in [4.78, 5) is 18.7. The number of carbonyl (C=O) groups is 1. The minimum Gasteiger partial charge on any atom is -0.497 e. The van der Waals surface area contributed by atoms with Gasteiger partial charge >= 0.3 is 0 Å². The molecule has 1 aliphatic heterocycles. The second-order valence-corrected chi connectivity index (χ2v) is 5.81. The Morgan fingerprint density at radius 3 is 3.00 bits per heavy atom. The molecule has 3 aromatic rings. The number of carbonyl (C=O) groups excluding carboxylic acids is 1. The molecule has 0 spiro atoms. The molecular formula is C16H12N2O2S. The first-order valence-electron chi connectivity index (χ1n) is 6.58. The Labute approximate surface area is 125 Å². The summed E-state index contributed by atoms with van der Waals surface area (Å²) in [7, 11) is 1.61. The number of thiazole rings is 1. The van der Waals surface area contributed by atoms with E-state index < -0.39 is 0 Å². The molecule has 1 aliphatic rings. The van der Waals surface area contributed by atoms with Gasteiger partial charge in [0.25, 0.3) is 5.91 Å². The van der Waals surface area contributed by atoms with E-state index in [-0.39, 0.29) is 5.91 Å². The fourth-order valence-electron chi connectivity index (χ4n) is 2.63. The van der Waals surface area contributed by atoms with Crippen LogP contribution in [0.25, 0.3) is 10.2 Å². The highest BCUT2D eigenvalue weighted by Crippen LogP contribution is 2.32. The average molecular weight is 296 g/mol. The predicted molar refractivity (Wildman–Crippen MR) is 83.1 cm³/mol. The third-order valence-corrected chi connectivity index (χ3v) is 4.54. The monoisotopic (exact) mass is 296 g/mol. The van der Waals surface area contributed by atoms with Crippen molar-refractivity contribution in [3.63, 3.8) is 0 Å². The Morgan fingerprint density at radius 2 is 2.14 bits per heavy atom. The summed E-state index contributed by atoms with van der Waals surface area (Å²) in [5.41, 5.74) is 5.45. The van der Waals surface area contributed by atoms with Gasteiger partial charge < -0.3 is 9.64 Å². The molecule has 104 valence electrons. The van der Waals surface area contributed by atoms with Crippen molar-refractivity contribution >= 4 is 33.1 Å². The Balaban J connectivity index is 1.75. The van der Waals surface area contributed by atoms with Crippen LogP contribution < -0.4 is 9.64 Å². The van der Waals surface area contributed by atoms with Crippen LogP contribution >= 0.6 is 11.3 Å². The van der Waals surface area contributed by atoms with E-state index in [0.717, 1.165) is 27.0 Å². The van der Waals surface area contributed by atoms with Gasteiger partial charge in [0.1, 0.15) is 5.75 Å². The summed E-state index contributed by atoms with van der Waals surface area (Å²) in [6.45, 7) is 0.600. The molecule has 2 aromatic carbocycles. The lowest BCUT2D eigenvalue weighted by atomic mass is 10.1. The molecule has 0 N–H and O–H groups in total. The first kappa shape index (κ1) is 12.3. The van der Waals surface area contributed by atoms with Crippen LogP contribution in [0.2, 0.25) is 0 Å². The Kier molecular flexibility index (Phi) is 2.68. The first-order chi connectivity index (χ1) is 10.3. The zero-order valence-corrected chi connectivity index (χ0v) is 12.2. The minimum atomic E-state index is 0.0211. The number of methoxy groups -OCH3 is 1. The van der Waals surface area contributed by atoms with E-state index in [2.05, 4.69) is 4.98 Å². The fraction of sp³-hybridized carbons (Fsp3) is 0.125. The molecule has 4 rings (SSSR count). The van der Waals surface area contributed by atoms with Gasteiger partial charge in [-0.05, 0) is 35.9 Å². The Hall–Kier alpha value is -2.40. The lowest BCUT2D eigenvalue weighted by Gasteiger charge is -2.15. The van der Waals surface area contributed by atoms with Gasteiger partial charge in [0.05, 0.1) is 29.4 Å². The lowest BCUT2D eigenvalue weighted by molar-refractivity contribution is 0.0996. The quantitative estimate of drug-likeness (QED) is 0.727. The number of rotatable bonds is 2. The van der Waals surface area contributed by atoms with Crippen molar-refractivity contribution in [3.8, 4) is 5.75 Å². The van der Waals surface area contributed by atoms with E-state index in [1.165, 1.54) is 0 Å². The van der Waals surface area contributed by atoms with Crippen LogP contribution in [0.15, 0.2) is 41.9 Å². The summed E-state index contributed by atoms with van der Waals surface area (Å²) in [6, 6.07) is 11.6. The fourth-order valence-corrected chi connectivity index (χ4v) is 3.34. The van der Waals surface area contributed by atoms with Gasteiger partial charge in [0.15, 0.2) is 0 Å². The number of hydrogen-bond donors (Lipinski definition) is 0. The molecule has 2 heterocycles. The van der Waals surface area contributed by atoms with E-state index in [9.17, 15) is 4.79 Å². The molecule has 4 nitrogen and oxygen atoms in total. The Morgan fingerprint density at radius 1 is 1.24 bits per heavy atom. The first-order valence-corrected chi connectivity index (χ1v) is 7.46. The molecule has 0 bridgehead atoms. The van der Waals surface area contributed by atoms with Crippen LogP contribution in [0.3, 0.4) is 0 Å². The van der Waals surface area contributed by atoms with Gasteiger partial charge in [0, 0.05) is 11.3 Å². The van der Waals surface area contributed by atoms with Crippen LogP contribution in [0.4, 0.5) is 5.69 Å². The third-order valence-electron chi connectivity index (χ3n) is 3.75. The van der Waals surface area contributed by atoms with Gasteiger partial charge in [-0.2, -0.15) is 0 Å². The largest absolute Gasteiger partial charge is 0.497 e. The molecule has 0 saturated heterocycles. The van der Waals surface area contributed by atoms with Crippen LogP contribution in [0.1, 0.15) is 15.9 Å². The number of benzene rings is 2. The van der Waals surface area contributed by atoms with Crippen molar-refractivity contribution in [3.05, 3.63) is 53.0 Å². The van der Waals surface area contributed by atoms with Gasteiger partial charge in [0.2, 0.25) is 0 Å². The van der Waals surface area contributed by atoms with E-state index in [0.29, 0.717) is 12.3 Å². The molecule has 5 heteroatoms. The predicted octanol–water partition coefficient (Wildman–Crippen LogP) is 3.47. The normalized spacial score (nSPS) is 13.8. The third kappa shape index (κ3) is 1.89. The number of amides is 1. The van der Waals surface area contributed by atoms with Crippen LogP contribution in [0, 0.1) is 0 Å². The second kappa shape index (κ2) is 4.56. The number of nitrogens with zero attached hydrogens (tertiary/aromatic N) is 2. The average Bonchev–Trinajstić information content (AvgIpc) is 3.11. The van der Waals surface area contributed by atoms with Crippen molar-refractivity contribution < 1.29 is 9.53 Å². The topological polar surface area (TPSA) is 42.4 Å². The molecule has 0 radical (unpaired) electrons. The van der Waals surface area contributed by atoms with E-state index >= 15 is 0 Å². The van der Waals surface area contributed by atoms with Crippen molar-refractivity contribution in [2.45, 2.75) is 6.54 Å². The summed E-state index contributed by atoms with van der Waals surface area (Å²) in [5, 5.41) is 0. The SMILES string of the molecule is COc1ccc2c(c1)C(=O)N(c1ccc3ncsc3c1)C2. The van der Waals surface area contributed by atoms with E-state index in [1.54, 1.807) is 23.3 Å². The van der Waals surface area contributed by atoms with Gasteiger partial charge in [-0.25, -0.2) is 4.98 Å². The zero-order chi connectivity index (χ0) is 14.4. The lowest BCUT2D eigenvalue weighted by Crippen LogP contribution is -2.22. The zero-order valence-electron chi connectivity index (χ0n) is 11.4. The molecule has 1 amide bonds. The molecular weight excluding hydrogens is 284 g/mol. The summed E-state index contributed by atoms with van der Waals surface area (Å²) >= 11 is 1.58. The molecule has 21 heavy (non-hydrogen) atoms. The van der Waals surface area contributed by atoms with E-state index in [4.69, 9.17) is 4.74 Å². The van der Waals surface area contributed by atoms with Crippen LogP contribution in [-0.4, -0.2) is 18.0 Å². The molecule has 1 aromatic heterocycles. The molecule has 0 unspecified atom stereocenters. The van der Waals surface area contributed by atoms with Crippen molar-refractivity contribution in [2.75, 3.05) is 12.0 Å². The highest BCUT2D eigenvalue weighted by atomic mass is 32.1.